The standard InChI is InChI=1S/C13H14N2O2/c1-2-12-11(6-7-17-12)13(16)15-10-5-3-4-9(14)8-10/h3-8H,2,14H2,1H3,(H,15,16). The Morgan fingerprint density at radius 3 is 2.94 bits per heavy atom. The number of hydrogen-bond donors (Lipinski definition) is 2. The predicted molar refractivity (Wildman–Crippen MR) is 66.9 cm³/mol. The zero-order valence-corrected chi connectivity index (χ0v) is 9.57. The summed E-state index contributed by atoms with van der Waals surface area (Å²) in [5.74, 6) is 0.507. The molecule has 88 valence electrons. The summed E-state index contributed by atoms with van der Waals surface area (Å²) in [6, 6.07) is 8.73. The van der Waals surface area contributed by atoms with E-state index in [9.17, 15) is 4.79 Å². The van der Waals surface area contributed by atoms with Gasteiger partial charge in [-0.1, -0.05) is 13.0 Å². The van der Waals surface area contributed by atoms with Crippen molar-refractivity contribution >= 4 is 17.3 Å². The van der Waals surface area contributed by atoms with Gasteiger partial charge in [0.2, 0.25) is 0 Å². The van der Waals surface area contributed by atoms with Gasteiger partial charge in [0.25, 0.3) is 5.91 Å². The summed E-state index contributed by atoms with van der Waals surface area (Å²) in [5, 5.41) is 2.78. The summed E-state index contributed by atoms with van der Waals surface area (Å²) in [4.78, 5) is 12.0. The number of furan rings is 1. The molecule has 2 rings (SSSR count). The second-order valence-corrected chi connectivity index (χ2v) is 3.69. The van der Waals surface area contributed by atoms with Crippen LogP contribution in [-0.4, -0.2) is 5.91 Å². The Labute approximate surface area is 99.4 Å². The van der Waals surface area contributed by atoms with E-state index in [4.69, 9.17) is 10.2 Å². The van der Waals surface area contributed by atoms with Gasteiger partial charge in [0, 0.05) is 17.8 Å². The summed E-state index contributed by atoms with van der Waals surface area (Å²) in [7, 11) is 0. The van der Waals surface area contributed by atoms with E-state index in [0.29, 0.717) is 29.1 Å². The molecule has 1 aromatic carbocycles. The van der Waals surface area contributed by atoms with E-state index in [0.717, 1.165) is 0 Å². The highest BCUT2D eigenvalue weighted by atomic mass is 16.3. The molecule has 0 aliphatic carbocycles. The Balaban J connectivity index is 2.17. The van der Waals surface area contributed by atoms with Gasteiger partial charge in [0.15, 0.2) is 0 Å². The molecule has 0 saturated heterocycles. The van der Waals surface area contributed by atoms with E-state index in [1.807, 2.05) is 6.92 Å². The largest absolute Gasteiger partial charge is 0.469 e. The number of amides is 1. The number of aryl methyl sites for hydroxylation is 1. The van der Waals surface area contributed by atoms with Crippen LogP contribution in [0.4, 0.5) is 11.4 Å². The van der Waals surface area contributed by atoms with Gasteiger partial charge in [0.1, 0.15) is 5.76 Å². The van der Waals surface area contributed by atoms with Gasteiger partial charge in [-0.2, -0.15) is 0 Å². The average molecular weight is 230 g/mol. The van der Waals surface area contributed by atoms with Gasteiger partial charge >= 0.3 is 0 Å². The first kappa shape index (κ1) is 11.3. The van der Waals surface area contributed by atoms with Crippen LogP contribution >= 0.6 is 0 Å². The maximum atomic E-state index is 12.0. The molecule has 0 unspecified atom stereocenters. The number of nitrogens with one attached hydrogen (secondary N) is 1. The minimum atomic E-state index is -0.179. The zero-order chi connectivity index (χ0) is 12.3. The third-order valence-corrected chi connectivity index (χ3v) is 2.46. The van der Waals surface area contributed by atoms with Crippen molar-refractivity contribution in [1.82, 2.24) is 0 Å². The Morgan fingerprint density at radius 1 is 1.41 bits per heavy atom. The number of carbonyl (C=O) groups excluding carboxylic acids is 1. The topological polar surface area (TPSA) is 68.3 Å². The number of rotatable bonds is 3. The smallest absolute Gasteiger partial charge is 0.259 e. The molecule has 3 N–H and O–H groups in total. The molecule has 1 aromatic heterocycles. The number of benzene rings is 1. The van der Waals surface area contributed by atoms with Gasteiger partial charge < -0.3 is 15.5 Å². The monoisotopic (exact) mass is 230 g/mol. The van der Waals surface area contributed by atoms with Crippen molar-refractivity contribution in [1.29, 1.82) is 0 Å². The van der Waals surface area contributed by atoms with Crippen LogP contribution in [0, 0.1) is 0 Å². The highest BCUT2D eigenvalue weighted by molar-refractivity contribution is 6.05. The molecule has 0 bridgehead atoms. The van der Waals surface area contributed by atoms with Crippen LogP contribution in [0.3, 0.4) is 0 Å². The number of nitrogen functional groups attached to an aromatic ring is 1. The van der Waals surface area contributed by atoms with Crippen molar-refractivity contribution in [2.45, 2.75) is 13.3 Å². The van der Waals surface area contributed by atoms with Crippen LogP contribution in [0.1, 0.15) is 23.0 Å². The van der Waals surface area contributed by atoms with E-state index >= 15 is 0 Å². The van der Waals surface area contributed by atoms with E-state index in [-0.39, 0.29) is 5.91 Å². The van der Waals surface area contributed by atoms with E-state index < -0.39 is 0 Å². The molecule has 0 spiro atoms. The summed E-state index contributed by atoms with van der Waals surface area (Å²) in [6.07, 6.45) is 2.21. The van der Waals surface area contributed by atoms with Gasteiger partial charge in [-0.05, 0) is 24.3 Å². The first-order chi connectivity index (χ1) is 8.20. The molecule has 0 fully saturated rings. The molecular weight excluding hydrogens is 216 g/mol. The van der Waals surface area contributed by atoms with Crippen LogP contribution in [0.2, 0.25) is 0 Å². The third kappa shape index (κ3) is 2.47. The van der Waals surface area contributed by atoms with Crippen LogP contribution in [0.15, 0.2) is 41.0 Å². The highest BCUT2D eigenvalue weighted by Gasteiger charge is 2.13. The summed E-state index contributed by atoms with van der Waals surface area (Å²) < 4.78 is 5.21. The number of nitrogens with two attached hydrogens (primary N) is 1. The highest BCUT2D eigenvalue weighted by Crippen LogP contribution is 2.16. The lowest BCUT2D eigenvalue weighted by molar-refractivity contribution is 0.102. The molecule has 2 aromatic rings. The van der Waals surface area contributed by atoms with Gasteiger partial charge in [0.05, 0.1) is 11.8 Å². The number of hydrogen-bond acceptors (Lipinski definition) is 3. The molecule has 1 heterocycles. The molecule has 0 atom stereocenters. The number of carbonyl (C=O) groups is 1. The van der Waals surface area contributed by atoms with Gasteiger partial charge in [-0.25, -0.2) is 0 Å². The fraction of sp³-hybridized carbons (Fsp3) is 0.154. The molecule has 4 heteroatoms. The predicted octanol–water partition coefficient (Wildman–Crippen LogP) is 2.68. The fourth-order valence-corrected chi connectivity index (χ4v) is 1.63. The molecule has 0 saturated carbocycles. The fourth-order valence-electron chi connectivity index (χ4n) is 1.63. The Kier molecular flexibility index (Phi) is 3.14. The van der Waals surface area contributed by atoms with Crippen molar-refractivity contribution in [3.05, 3.63) is 47.9 Å². The number of anilines is 2. The Bertz CT molecular complexity index is 532. The second kappa shape index (κ2) is 4.74. The molecule has 1 amide bonds. The van der Waals surface area contributed by atoms with Crippen molar-refractivity contribution in [2.75, 3.05) is 11.1 Å². The van der Waals surface area contributed by atoms with Crippen molar-refractivity contribution in [3.8, 4) is 0 Å². The minimum Gasteiger partial charge on any atom is -0.469 e. The van der Waals surface area contributed by atoms with E-state index in [1.165, 1.54) is 6.26 Å². The quantitative estimate of drug-likeness (QED) is 0.796. The van der Waals surface area contributed by atoms with Gasteiger partial charge in [-0.15, -0.1) is 0 Å². The summed E-state index contributed by atoms with van der Waals surface area (Å²) >= 11 is 0. The van der Waals surface area contributed by atoms with Crippen molar-refractivity contribution in [2.24, 2.45) is 0 Å². The SMILES string of the molecule is CCc1occc1C(=O)Nc1cccc(N)c1. The van der Waals surface area contributed by atoms with Crippen molar-refractivity contribution in [3.63, 3.8) is 0 Å². The lowest BCUT2D eigenvalue weighted by Crippen LogP contribution is -2.12. The first-order valence-corrected chi connectivity index (χ1v) is 5.44. The van der Waals surface area contributed by atoms with Crippen molar-refractivity contribution < 1.29 is 9.21 Å². The second-order valence-electron chi connectivity index (χ2n) is 3.69. The van der Waals surface area contributed by atoms with Crippen LogP contribution in [0.5, 0.6) is 0 Å². The van der Waals surface area contributed by atoms with Crippen LogP contribution in [-0.2, 0) is 6.42 Å². The zero-order valence-electron chi connectivity index (χ0n) is 9.57. The molecule has 17 heavy (non-hydrogen) atoms. The summed E-state index contributed by atoms with van der Waals surface area (Å²) in [5.41, 5.74) is 7.50. The summed E-state index contributed by atoms with van der Waals surface area (Å²) in [6.45, 7) is 1.94. The van der Waals surface area contributed by atoms with Crippen LogP contribution < -0.4 is 11.1 Å². The molecule has 0 aliphatic heterocycles. The molecule has 0 radical (unpaired) electrons. The lowest BCUT2D eigenvalue weighted by atomic mass is 10.2. The molecular formula is C13H14N2O2. The normalized spacial score (nSPS) is 10.2. The Hall–Kier alpha value is -2.23. The molecule has 0 aliphatic rings. The minimum absolute atomic E-state index is 0.179. The van der Waals surface area contributed by atoms with Crippen LogP contribution in [0.25, 0.3) is 0 Å². The maximum absolute atomic E-state index is 12.0. The molecule has 4 nitrogen and oxygen atoms in total. The maximum Gasteiger partial charge on any atom is 0.259 e. The third-order valence-electron chi connectivity index (χ3n) is 2.46. The van der Waals surface area contributed by atoms with E-state index in [2.05, 4.69) is 5.32 Å². The van der Waals surface area contributed by atoms with Gasteiger partial charge in [-0.3, -0.25) is 4.79 Å². The Morgan fingerprint density at radius 2 is 2.24 bits per heavy atom. The average Bonchev–Trinajstić information content (AvgIpc) is 2.77. The first-order valence-electron chi connectivity index (χ1n) is 5.44. The lowest BCUT2D eigenvalue weighted by Gasteiger charge is -2.05. The van der Waals surface area contributed by atoms with E-state index in [1.54, 1.807) is 30.3 Å².